The molecule has 192 valence electrons. The van der Waals surface area contributed by atoms with Gasteiger partial charge >= 0.3 is 0 Å². The molecule has 5 aromatic rings. The first-order chi connectivity index (χ1) is 18.3. The summed E-state index contributed by atoms with van der Waals surface area (Å²) >= 11 is 6.58. The van der Waals surface area contributed by atoms with Crippen molar-refractivity contribution in [2.75, 3.05) is 0 Å². The minimum Gasteiger partial charge on any atom is -0.489 e. The molecule has 1 N–H and O–H groups in total. The Bertz CT molecular complexity index is 1720. The molecule has 0 atom stereocenters. The number of aryl methyl sites for hydroxylation is 1. The number of aromatic nitrogens is 3. The van der Waals surface area contributed by atoms with E-state index in [4.69, 9.17) is 16.3 Å². The molecule has 0 aliphatic rings. The second kappa shape index (κ2) is 10.6. The predicted octanol–water partition coefficient (Wildman–Crippen LogP) is 5.14. The van der Waals surface area contributed by atoms with Gasteiger partial charge in [0.25, 0.3) is 15.9 Å². The van der Waals surface area contributed by atoms with Gasteiger partial charge in [-0.05, 0) is 54.4 Å². The lowest BCUT2D eigenvalue weighted by Gasteiger charge is -2.12. The zero-order valence-corrected chi connectivity index (χ0v) is 21.9. The Morgan fingerprint density at radius 2 is 1.66 bits per heavy atom. The van der Waals surface area contributed by atoms with Crippen LogP contribution in [0.2, 0.25) is 5.02 Å². The third kappa shape index (κ3) is 5.53. The molecule has 0 saturated carbocycles. The first-order valence-corrected chi connectivity index (χ1v) is 13.6. The molecule has 0 radical (unpaired) electrons. The highest BCUT2D eigenvalue weighted by Gasteiger charge is 2.21. The highest BCUT2D eigenvalue weighted by molar-refractivity contribution is 7.90. The second-order valence-corrected chi connectivity index (χ2v) is 10.6. The van der Waals surface area contributed by atoms with Gasteiger partial charge < -0.3 is 9.30 Å². The van der Waals surface area contributed by atoms with Crippen LogP contribution < -0.4 is 9.46 Å². The van der Waals surface area contributed by atoms with E-state index < -0.39 is 15.9 Å². The zero-order valence-electron chi connectivity index (χ0n) is 20.3. The molecule has 8 nitrogen and oxygen atoms in total. The number of nitrogens with zero attached hydrogens (tertiary/aromatic N) is 3. The number of sulfonamides is 1. The van der Waals surface area contributed by atoms with Crippen molar-refractivity contribution in [2.24, 2.45) is 0 Å². The molecule has 0 spiro atoms. The Labute approximate surface area is 224 Å². The van der Waals surface area contributed by atoms with E-state index in [0.717, 1.165) is 11.1 Å². The summed E-state index contributed by atoms with van der Waals surface area (Å²) < 4.78 is 34.9. The van der Waals surface area contributed by atoms with Crippen LogP contribution in [0.4, 0.5) is 0 Å². The normalized spacial score (nSPS) is 11.4. The quantitative estimate of drug-likeness (QED) is 0.289. The molecule has 0 saturated heterocycles. The number of pyridine rings is 1. The predicted molar refractivity (Wildman–Crippen MR) is 145 cm³/mol. The van der Waals surface area contributed by atoms with Gasteiger partial charge in [0.1, 0.15) is 29.4 Å². The van der Waals surface area contributed by atoms with Gasteiger partial charge in [-0.2, -0.15) is 0 Å². The van der Waals surface area contributed by atoms with Gasteiger partial charge in [0.05, 0.1) is 11.4 Å². The fourth-order valence-corrected chi connectivity index (χ4v) is 5.13. The summed E-state index contributed by atoms with van der Waals surface area (Å²) in [5.41, 5.74) is 2.82. The molecule has 10 heteroatoms. The first-order valence-electron chi connectivity index (χ1n) is 11.7. The molecular formula is C28H23ClN4O4S. The number of carbonyl (C=O) groups is 1. The Hall–Kier alpha value is -4.21. The number of carbonyl (C=O) groups excluding carboxylic acids is 1. The minimum atomic E-state index is -4.04. The maximum Gasteiger partial charge on any atom is 0.283 e. The van der Waals surface area contributed by atoms with Crippen molar-refractivity contribution < 1.29 is 17.9 Å². The molecule has 2 heterocycles. The maximum atomic E-state index is 12.8. The van der Waals surface area contributed by atoms with E-state index >= 15 is 0 Å². The van der Waals surface area contributed by atoms with E-state index in [2.05, 4.69) is 14.7 Å². The topological polar surface area (TPSA) is 103 Å². The number of hydrogen-bond acceptors (Lipinski definition) is 6. The average Bonchev–Trinajstić information content (AvgIpc) is 3.23. The Morgan fingerprint density at radius 1 is 0.947 bits per heavy atom. The lowest BCUT2D eigenvalue weighted by atomic mass is 10.2. The van der Waals surface area contributed by atoms with Crippen LogP contribution in [0.1, 0.15) is 27.4 Å². The number of benzene rings is 3. The largest absolute Gasteiger partial charge is 0.489 e. The van der Waals surface area contributed by atoms with Crippen molar-refractivity contribution in [3.63, 3.8) is 0 Å². The van der Waals surface area contributed by atoms with Crippen molar-refractivity contribution in [1.82, 2.24) is 19.3 Å². The van der Waals surface area contributed by atoms with Crippen molar-refractivity contribution in [3.8, 4) is 5.75 Å². The fourth-order valence-electron chi connectivity index (χ4n) is 3.92. The van der Waals surface area contributed by atoms with Crippen LogP contribution in [-0.2, 0) is 23.2 Å². The number of hydrogen-bond donors (Lipinski definition) is 1. The summed E-state index contributed by atoms with van der Waals surface area (Å²) in [6.07, 6.45) is 0. The molecule has 3 aromatic carbocycles. The molecule has 38 heavy (non-hydrogen) atoms. The van der Waals surface area contributed by atoms with Crippen molar-refractivity contribution in [2.45, 2.75) is 25.0 Å². The number of halogens is 1. The molecule has 1 amide bonds. The van der Waals surface area contributed by atoms with Crippen LogP contribution in [0.5, 0.6) is 5.75 Å². The molecule has 0 fully saturated rings. The van der Waals surface area contributed by atoms with E-state index in [9.17, 15) is 13.2 Å². The fraction of sp³-hybridized carbons (Fsp3) is 0.107. The monoisotopic (exact) mass is 546 g/mol. The summed E-state index contributed by atoms with van der Waals surface area (Å²) in [5, 5.41) is 0.514. The van der Waals surface area contributed by atoms with E-state index in [1.54, 1.807) is 30.3 Å². The van der Waals surface area contributed by atoms with Gasteiger partial charge in [0, 0.05) is 5.02 Å². The average molecular weight is 547 g/mol. The van der Waals surface area contributed by atoms with Crippen LogP contribution in [0.3, 0.4) is 0 Å². The zero-order chi connectivity index (χ0) is 26.7. The van der Waals surface area contributed by atoms with Crippen molar-refractivity contribution in [3.05, 3.63) is 119 Å². The van der Waals surface area contributed by atoms with Crippen molar-refractivity contribution in [1.29, 1.82) is 0 Å². The summed E-state index contributed by atoms with van der Waals surface area (Å²) in [6.45, 7) is 2.60. The maximum absolute atomic E-state index is 12.8. The summed E-state index contributed by atoms with van der Waals surface area (Å²) in [7, 11) is -4.04. The first kappa shape index (κ1) is 25.4. The molecule has 0 aliphatic heterocycles. The van der Waals surface area contributed by atoms with Gasteiger partial charge in [-0.15, -0.1) is 0 Å². The smallest absolute Gasteiger partial charge is 0.283 e. The molecule has 0 bridgehead atoms. The minimum absolute atomic E-state index is 0.0128. The van der Waals surface area contributed by atoms with Gasteiger partial charge in [-0.1, -0.05) is 66.2 Å². The van der Waals surface area contributed by atoms with Gasteiger partial charge in [-0.3, -0.25) is 4.79 Å². The van der Waals surface area contributed by atoms with Crippen LogP contribution >= 0.6 is 11.6 Å². The summed E-state index contributed by atoms with van der Waals surface area (Å²) in [6, 6.07) is 26.1. The van der Waals surface area contributed by atoms with Gasteiger partial charge in [-0.25, -0.2) is 23.1 Å². The molecule has 5 rings (SSSR count). The van der Waals surface area contributed by atoms with Gasteiger partial charge in [0.2, 0.25) is 0 Å². The molecule has 0 aliphatic carbocycles. The number of nitrogens with one attached hydrogen (secondary N) is 1. The van der Waals surface area contributed by atoms with Gasteiger partial charge in [0.15, 0.2) is 5.65 Å². The number of imidazole rings is 1. The third-order valence-corrected chi connectivity index (χ3v) is 7.60. The lowest BCUT2D eigenvalue weighted by molar-refractivity contribution is 0.0977. The van der Waals surface area contributed by atoms with E-state index in [0.29, 0.717) is 40.9 Å². The number of rotatable bonds is 8. The van der Waals surface area contributed by atoms with Crippen LogP contribution in [0.25, 0.3) is 11.2 Å². The SMILES string of the molecule is Cc1nc2ccc(C(=O)NS(=O)(=O)c3ccccc3)nc2n1Cc1ccc(OCc2ccccc2)cc1Cl. The summed E-state index contributed by atoms with van der Waals surface area (Å²) in [4.78, 5) is 21.7. The Kier molecular flexibility index (Phi) is 7.13. The van der Waals surface area contributed by atoms with Crippen LogP contribution in [0, 0.1) is 6.92 Å². The second-order valence-electron chi connectivity index (χ2n) is 8.56. The number of ether oxygens (including phenoxy) is 1. The molecule has 0 unspecified atom stereocenters. The standard InChI is InChI=1S/C28H23ClN4O4S/c1-19-30-25-14-15-26(28(34)32-38(35,36)23-10-6-3-7-11-23)31-27(25)33(19)17-21-12-13-22(16-24(21)29)37-18-20-8-4-2-5-9-20/h2-16H,17-18H2,1H3,(H,32,34). The third-order valence-electron chi connectivity index (χ3n) is 5.90. The van der Waals surface area contributed by atoms with Crippen molar-refractivity contribution >= 4 is 38.7 Å². The highest BCUT2D eigenvalue weighted by atomic mass is 35.5. The number of amides is 1. The van der Waals surface area contributed by atoms with Crippen LogP contribution in [0.15, 0.2) is 95.9 Å². The highest BCUT2D eigenvalue weighted by Crippen LogP contribution is 2.26. The Morgan fingerprint density at radius 3 is 2.37 bits per heavy atom. The van der Waals surface area contributed by atoms with E-state index in [1.807, 2.05) is 54.0 Å². The van der Waals surface area contributed by atoms with E-state index in [1.165, 1.54) is 18.2 Å². The number of fused-ring (bicyclic) bond motifs is 1. The van der Waals surface area contributed by atoms with E-state index in [-0.39, 0.29) is 10.6 Å². The van der Waals surface area contributed by atoms with Crippen LogP contribution in [-0.4, -0.2) is 28.9 Å². The molecular weight excluding hydrogens is 524 g/mol. The lowest BCUT2D eigenvalue weighted by Crippen LogP contribution is -2.31. The summed E-state index contributed by atoms with van der Waals surface area (Å²) in [5.74, 6) is 0.480. The molecule has 2 aromatic heterocycles. The Balaban J connectivity index is 1.36.